The van der Waals surface area contributed by atoms with Gasteiger partial charge in [-0.25, -0.2) is 4.79 Å². The van der Waals surface area contributed by atoms with E-state index in [4.69, 9.17) is 11.1 Å². The summed E-state index contributed by atoms with van der Waals surface area (Å²) in [6.07, 6.45) is 2.80. The highest BCUT2D eigenvalue weighted by Crippen LogP contribution is 2.28. The third kappa shape index (κ3) is 5.91. The number of pyridine rings is 1. The second-order valence-corrected chi connectivity index (χ2v) is 8.44. The Balaban J connectivity index is 1.95. The van der Waals surface area contributed by atoms with Crippen molar-refractivity contribution < 1.29 is 24.6 Å². The number of amidine groups is 1. The minimum Gasteiger partial charge on any atom is -0.478 e. The maximum atomic E-state index is 13.1. The quantitative estimate of drug-likeness (QED) is 0.197. The normalized spacial score (nSPS) is 11.6. The molecule has 2 amide bonds. The Morgan fingerprint density at radius 1 is 0.972 bits per heavy atom. The summed E-state index contributed by atoms with van der Waals surface area (Å²) in [6, 6.07) is 11.5. The Bertz CT molecular complexity index is 1300. The molecule has 0 spiro atoms. The number of amides is 2. The van der Waals surface area contributed by atoms with Crippen LogP contribution in [0.25, 0.3) is 11.1 Å². The number of carbonyl (C=O) groups is 3. The smallest absolute Gasteiger partial charge is 0.336 e. The van der Waals surface area contributed by atoms with Crippen molar-refractivity contribution in [2.75, 3.05) is 11.9 Å². The predicted octanol–water partition coefficient (Wildman–Crippen LogP) is 2.73. The highest BCUT2D eigenvalue weighted by molar-refractivity contribution is 6.11. The fourth-order valence-electron chi connectivity index (χ4n) is 3.51. The van der Waals surface area contributed by atoms with Crippen LogP contribution in [0, 0.1) is 11.3 Å². The van der Waals surface area contributed by atoms with E-state index in [9.17, 15) is 24.6 Å². The lowest BCUT2D eigenvalue weighted by Crippen LogP contribution is -2.41. The number of anilines is 1. The van der Waals surface area contributed by atoms with Crippen LogP contribution in [0.4, 0.5) is 5.69 Å². The second-order valence-electron chi connectivity index (χ2n) is 8.44. The summed E-state index contributed by atoms with van der Waals surface area (Å²) in [7, 11) is 0. The number of aliphatic hydroxyl groups excluding tert-OH is 1. The minimum absolute atomic E-state index is 0.0210. The van der Waals surface area contributed by atoms with Crippen LogP contribution < -0.4 is 16.4 Å². The van der Waals surface area contributed by atoms with Gasteiger partial charge < -0.3 is 26.6 Å². The third-order valence-electron chi connectivity index (χ3n) is 5.64. The van der Waals surface area contributed by atoms with Gasteiger partial charge >= 0.3 is 5.97 Å². The number of hydrogen-bond acceptors (Lipinski definition) is 6. The topological polar surface area (TPSA) is 178 Å². The van der Waals surface area contributed by atoms with Gasteiger partial charge in [0, 0.05) is 34.8 Å². The van der Waals surface area contributed by atoms with Crippen molar-refractivity contribution in [3.05, 3.63) is 83.2 Å². The van der Waals surface area contributed by atoms with Crippen LogP contribution in [0.3, 0.4) is 0 Å². The molecule has 0 fully saturated rings. The van der Waals surface area contributed by atoms with Gasteiger partial charge in [-0.15, -0.1) is 0 Å². The van der Waals surface area contributed by atoms with Gasteiger partial charge in [-0.05, 0) is 53.9 Å². The second kappa shape index (κ2) is 11.2. The molecule has 186 valence electrons. The molecular formula is C26H27N5O5. The van der Waals surface area contributed by atoms with E-state index in [-0.39, 0.29) is 46.2 Å². The number of carbonyl (C=O) groups excluding carboxylic acids is 2. The molecule has 7 N–H and O–H groups in total. The number of carboxylic acids is 1. The molecule has 0 aliphatic rings. The summed E-state index contributed by atoms with van der Waals surface area (Å²) in [5.41, 5.74) is 7.02. The first-order valence-electron chi connectivity index (χ1n) is 11.1. The van der Waals surface area contributed by atoms with Gasteiger partial charge in [0.05, 0.1) is 23.8 Å². The Kier molecular flexibility index (Phi) is 8.13. The van der Waals surface area contributed by atoms with E-state index >= 15 is 0 Å². The summed E-state index contributed by atoms with van der Waals surface area (Å²) in [6.45, 7) is 3.44. The van der Waals surface area contributed by atoms with Crippen LogP contribution in [-0.4, -0.2) is 51.5 Å². The van der Waals surface area contributed by atoms with Gasteiger partial charge in [0.25, 0.3) is 11.8 Å². The molecular weight excluding hydrogens is 462 g/mol. The number of hydrogen-bond donors (Lipinski definition) is 6. The van der Waals surface area contributed by atoms with Crippen molar-refractivity contribution in [3.8, 4) is 11.1 Å². The van der Waals surface area contributed by atoms with Crippen molar-refractivity contribution in [1.29, 1.82) is 5.41 Å². The highest BCUT2D eigenvalue weighted by Gasteiger charge is 2.22. The average Bonchev–Trinajstić information content (AvgIpc) is 2.86. The van der Waals surface area contributed by atoms with Crippen molar-refractivity contribution in [2.45, 2.75) is 19.9 Å². The van der Waals surface area contributed by atoms with Gasteiger partial charge in [-0.3, -0.25) is 20.0 Å². The van der Waals surface area contributed by atoms with E-state index in [0.29, 0.717) is 11.3 Å². The number of benzene rings is 2. The predicted molar refractivity (Wildman–Crippen MR) is 135 cm³/mol. The molecule has 0 aliphatic carbocycles. The van der Waals surface area contributed by atoms with Crippen LogP contribution in [-0.2, 0) is 0 Å². The number of nitrogen functional groups attached to an aromatic ring is 1. The SMILES string of the molecule is CC(C)[C@@H](CO)NC(=O)c1ccc(-c2cnccc2C(=O)Nc2ccc(C(=N)N)cc2)c(C(=O)O)c1. The monoisotopic (exact) mass is 489 g/mol. The summed E-state index contributed by atoms with van der Waals surface area (Å²) in [5, 5.41) is 32.2. The molecule has 0 bridgehead atoms. The Labute approximate surface area is 207 Å². The number of aromatic nitrogens is 1. The van der Waals surface area contributed by atoms with E-state index < -0.39 is 23.8 Å². The zero-order valence-corrected chi connectivity index (χ0v) is 19.8. The van der Waals surface area contributed by atoms with Crippen molar-refractivity contribution >= 4 is 29.3 Å². The van der Waals surface area contributed by atoms with E-state index in [1.54, 1.807) is 24.3 Å². The van der Waals surface area contributed by atoms with Crippen molar-refractivity contribution in [3.63, 3.8) is 0 Å². The van der Waals surface area contributed by atoms with E-state index in [2.05, 4.69) is 15.6 Å². The minimum atomic E-state index is -1.28. The van der Waals surface area contributed by atoms with E-state index in [1.807, 2.05) is 13.8 Å². The van der Waals surface area contributed by atoms with Gasteiger partial charge in [0.15, 0.2) is 0 Å². The number of nitrogens with two attached hydrogens (primary N) is 1. The van der Waals surface area contributed by atoms with Crippen molar-refractivity contribution in [2.24, 2.45) is 11.7 Å². The fraction of sp³-hybridized carbons (Fsp3) is 0.192. The third-order valence-corrected chi connectivity index (χ3v) is 5.64. The first-order chi connectivity index (χ1) is 17.1. The molecule has 10 nitrogen and oxygen atoms in total. The van der Waals surface area contributed by atoms with Crippen LogP contribution in [0.1, 0.15) is 50.5 Å². The molecule has 36 heavy (non-hydrogen) atoms. The molecule has 1 atom stereocenters. The fourth-order valence-corrected chi connectivity index (χ4v) is 3.51. The average molecular weight is 490 g/mol. The number of rotatable bonds is 9. The van der Waals surface area contributed by atoms with Crippen LogP contribution >= 0.6 is 0 Å². The first-order valence-corrected chi connectivity index (χ1v) is 11.1. The number of aliphatic hydroxyl groups is 1. The molecule has 0 aliphatic heterocycles. The lowest BCUT2D eigenvalue weighted by molar-refractivity contribution is 0.0697. The summed E-state index contributed by atoms with van der Waals surface area (Å²) >= 11 is 0. The number of carboxylic acid groups (broad SMARTS) is 1. The maximum absolute atomic E-state index is 13.1. The summed E-state index contributed by atoms with van der Waals surface area (Å²) in [5.74, 6) is -2.41. The maximum Gasteiger partial charge on any atom is 0.336 e. The Morgan fingerprint density at radius 3 is 2.22 bits per heavy atom. The molecule has 3 rings (SSSR count). The van der Waals surface area contributed by atoms with E-state index in [1.165, 1.54) is 36.7 Å². The number of nitrogens with one attached hydrogen (secondary N) is 3. The molecule has 3 aromatic rings. The Hall–Kier alpha value is -4.57. The lowest BCUT2D eigenvalue weighted by atomic mass is 9.94. The van der Waals surface area contributed by atoms with Crippen LogP contribution in [0.2, 0.25) is 0 Å². The molecule has 2 aromatic carbocycles. The summed E-state index contributed by atoms with van der Waals surface area (Å²) < 4.78 is 0. The zero-order valence-electron chi connectivity index (χ0n) is 19.8. The van der Waals surface area contributed by atoms with E-state index in [0.717, 1.165) is 0 Å². The molecule has 0 radical (unpaired) electrons. The largest absolute Gasteiger partial charge is 0.478 e. The van der Waals surface area contributed by atoms with Gasteiger partial charge in [0.1, 0.15) is 5.84 Å². The summed E-state index contributed by atoms with van der Waals surface area (Å²) in [4.78, 5) is 41.9. The number of nitrogens with zero attached hydrogens (tertiary/aromatic N) is 1. The number of aromatic carboxylic acids is 1. The Morgan fingerprint density at radius 2 is 1.64 bits per heavy atom. The lowest BCUT2D eigenvalue weighted by Gasteiger charge is -2.20. The van der Waals surface area contributed by atoms with Gasteiger partial charge in [-0.1, -0.05) is 19.9 Å². The van der Waals surface area contributed by atoms with Gasteiger partial charge in [-0.2, -0.15) is 0 Å². The van der Waals surface area contributed by atoms with Gasteiger partial charge in [0.2, 0.25) is 0 Å². The molecule has 1 heterocycles. The first kappa shape index (κ1) is 26.0. The molecule has 0 unspecified atom stereocenters. The molecule has 1 aromatic heterocycles. The molecule has 0 saturated heterocycles. The standard InChI is InChI=1S/C26H27N5O5/c1-14(2)22(13-32)31-24(33)16-5-8-18(20(11-16)26(35)36)21-12-29-10-9-19(21)25(34)30-17-6-3-15(4-7-17)23(27)28/h3-12,14,22,32H,13H2,1-2H3,(H3,27,28)(H,30,34)(H,31,33)(H,35,36)/t22-/m1/s1. The van der Waals surface area contributed by atoms with Crippen LogP contribution in [0.5, 0.6) is 0 Å². The molecule has 10 heteroatoms. The van der Waals surface area contributed by atoms with Crippen LogP contribution in [0.15, 0.2) is 60.9 Å². The zero-order chi connectivity index (χ0) is 26.4. The molecule has 0 saturated carbocycles. The van der Waals surface area contributed by atoms with Crippen molar-refractivity contribution in [1.82, 2.24) is 10.3 Å². The highest BCUT2D eigenvalue weighted by atomic mass is 16.4.